The second-order valence-electron chi connectivity index (χ2n) is 6.75. The Morgan fingerprint density at radius 2 is 1.90 bits per heavy atom. The minimum atomic E-state index is -3.10. The van der Waals surface area contributed by atoms with Crippen molar-refractivity contribution in [3.63, 3.8) is 0 Å². The van der Waals surface area contributed by atoms with Crippen molar-refractivity contribution in [2.24, 2.45) is 4.99 Å². The Morgan fingerprint density at radius 3 is 2.45 bits per heavy atom. The number of guanidine groups is 1. The van der Waals surface area contributed by atoms with Gasteiger partial charge in [0.15, 0.2) is 17.5 Å². The zero-order chi connectivity index (χ0) is 20.6. The number of hydrogen-bond donors (Lipinski definition) is 2. The van der Waals surface area contributed by atoms with Gasteiger partial charge < -0.3 is 20.1 Å². The molecule has 0 saturated carbocycles. The largest absolute Gasteiger partial charge is 0.493 e. The van der Waals surface area contributed by atoms with Crippen molar-refractivity contribution in [1.29, 1.82) is 0 Å². The zero-order valence-electron chi connectivity index (χ0n) is 17.6. The van der Waals surface area contributed by atoms with E-state index in [1.807, 2.05) is 31.2 Å². The first-order valence-corrected chi connectivity index (χ1v) is 11.2. The fourth-order valence-corrected chi connectivity index (χ4v) is 4.20. The molecule has 0 amide bonds. The lowest BCUT2D eigenvalue weighted by molar-refractivity contribution is 0.213. The molecule has 0 aromatic heterocycles. The standard InChI is InChI=1S/C19H32N4O4S.HI/c1-5-28(24,25)23-12-10-16(11-13-23)22-19(20-3)21-14-15(2)27-18-9-7-6-8-17(18)26-4;/h6-9,15-16H,5,10-14H2,1-4H3,(H2,20,21,22);1H. The maximum Gasteiger partial charge on any atom is 0.213 e. The van der Waals surface area contributed by atoms with Gasteiger partial charge in [0.25, 0.3) is 0 Å². The second kappa shape index (κ2) is 12.4. The van der Waals surface area contributed by atoms with E-state index in [1.165, 1.54) is 0 Å². The van der Waals surface area contributed by atoms with Gasteiger partial charge in [-0.05, 0) is 38.8 Å². The molecule has 29 heavy (non-hydrogen) atoms. The number of piperidine rings is 1. The van der Waals surface area contributed by atoms with Crippen molar-refractivity contribution in [2.45, 2.75) is 38.8 Å². The predicted molar refractivity (Wildman–Crippen MR) is 127 cm³/mol. The Labute approximate surface area is 191 Å². The first-order chi connectivity index (χ1) is 13.4. The molecule has 1 heterocycles. The molecular formula is C19H33IN4O4S. The minimum absolute atomic E-state index is 0. The average molecular weight is 540 g/mol. The number of hydrogen-bond acceptors (Lipinski definition) is 5. The highest BCUT2D eigenvalue weighted by molar-refractivity contribution is 14.0. The molecule has 0 spiro atoms. The van der Waals surface area contributed by atoms with Crippen molar-refractivity contribution in [3.8, 4) is 11.5 Å². The second-order valence-corrected chi connectivity index (χ2v) is 9.01. The van der Waals surface area contributed by atoms with E-state index in [4.69, 9.17) is 9.47 Å². The molecule has 0 radical (unpaired) electrons. The molecule has 1 aromatic carbocycles. The first-order valence-electron chi connectivity index (χ1n) is 9.64. The number of methoxy groups -OCH3 is 1. The van der Waals surface area contributed by atoms with Gasteiger partial charge in [-0.2, -0.15) is 0 Å². The number of rotatable bonds is 8. The van der Waals surface area contributed by atoms with Gasteiger partial charge in [-0.1, -0.05) is 12.1 Å². The number of sulfonamides is 1. The zero-order valence-corrected chi connectivity index (χ0v) is 20.7. The fraction of sp³-hybridized carbons (Fsp3) is 0.632. The van der Waals surface area contributed by atoms with E-state index in [9.17, 15) is 8.42 Å². The number of ether oxygens (including phenoxy) is 2. The maximum atomic E-state index is 12.0. The summed E-state index contributed by atoms with van der Waals surface area (Å²) in [6, 6.07) is 7.74. The van der Waals surface area contributed by atoms with Gasteiger partial charge in [-0.25, -0.2) is 12.7 Å². The predicted octanol–water partition coefficient (Wildman–Crippen LogP) is 2.06. The van der Waals surface area contributed by atoms with E-state index in [0.29, 0.717) is 37.1 Å². The highest BCUT2D eigenvalue weighted by Crippen LogP contribution is 2.26. The summed E-state index contributed by atoms with van der Waals surface area (Å²) in [5.41, 5.74) is 0. The van der Waals surface area contributed by atoms with Crippen molar-refractivity contribution in [2.75, 3.05) is 39.5 Å². The van der Waals surface area contributed by atoms with Crippen molar-refractivity contribution >= 4 is 40.0 Å². The Kier molecular flexibility index (Phi) is 11.0. The van der Waals surface area contributed by atoms with Crippen molar-refractivity contribution < 1.29 is 17.9 Å². The molecule has 8 nitrogen and oxygen atoms in total. The molecule has 2 N–H and O–H groups in total. The third-order valence-electron chi connectivity index (χ3n) is 4.73. The number of para-hydroxylation sites is 2. The summed E-state index contributed by atoms with van der Waals surface area (Å²) in [6.45, 7) is 5.30. The fourth-order valence-electron chi connectivity index (χ4n) is 3.06. The van der Waals surface area contributed by atoms with E-state index in [-0.39, 0.29) is 41.9 Å². The smallest absolute Gasteiger partial charge is 0.213 e. The number of nitrogens with one attached hydrogen (secondary N) is 2. The number of halogens is 1. The number of benzene rings is 1. The van der Waals surface area contributed by atoms with E-state index in [0.717, 1.165) is 12.8 Å². The third kappa shape index (κ3) is 7.82. The Balaban J connectivity index is 0.00000420. The summed E-state index contributed by atoms with van der Waals surface area (Å²) in [5.74, 6) is 2.24. The van der Waals surface area contributed by atoms with Crippen LogP contribution in [0.5, 0.6) is 11.5 Å². The van der Waals surface area contributed by atoms with Crippen LogP contribution in [-0.2, 0) is 10.0 Å². The van der Waals surface area contributed by atoms with Crippen LogP contribution in [0.25, 0.3) is 0 Å². The lowest BCUT2D eigenvalue weighted by Gasteiger charge is -2.32. The van der Waals surface area contributed by atoms with Crippen LogP contribution in [0.4, 0.5) is 0 Å². The molecule has 1 unspecified atom stereocenters. The molecule has 1 fully saturated rings. The Hall–Kier alpha value is -1.27. The quantitative estimate of drug-likeness (QED) is 0.298. The number of aliphatic imine (C=N–C) groups is 1. The van der Waals surface area contributed by atoms with Gasteiger partial charge in [-0.3, -0.25) is 4.99 Å². The highest BCUT2D eigenvalue weighted by Gasteiger charge is 2.27. The monoisotopic (exact) mass is 540 g/mol. The van der Waals surface area contributed by atoms with E-state index in [1.54, 1.807) is 25.4 Å². The van der Waals surface area contributed by atoms with Crippen LogP contribution in [0, 0.1) is 0 Å². The van der Waals surface area contributed by atoms with Crippen LogP contribution in [-0.4, -0.2) is 70.4 Å². The molecule has 10 heteroatoms. The molecule has 1 atom stereocenters. The minimum Gasteiger partial charge on any atom is -0.493 e. The molecule has 0 bridgehead atoms. The molecule has 1 saturated heterocycles. The van der Waals surface area contributed by atoms with Crippen LogP contribution in [0.2, 0.25) is 0 Å². The molecule has 1 aromatic rings. The van der Waals surface area contributed by atoms with E-state index < -0.39 is 10.0 Å². The maximum absolute atomic E-state index is 12.0. The summed E-state index contributed by atoms with van der Waals surface area (Å²) in [7, 11) is 0.236. The molecule has 1 aliphatic heterocycles. The van der Waals surface area contributed by atoms with Gasteiger partial charge in [0.05, 0.1) is 19.4 Å². The normalized spacial score (nSPS) is 17.2. The third-order valence-corrected chi connectivity index (χ3v) is 6.61. The van der Waals surface area contributed by atoms with Gasteiger partial charge in [0.1, 0.15) is 6.10 Å². The van der Waals surface area contributed by atoms with Crippen LogP contribution >= 0.6 is 24.0 Å². The van der Waals surface area contributed by atoms with Gasteiger partial charge >= 0.3 is 0 Å². The summed E-state index contributed by atoms with van der Waals surface area (Å²) >= 11 is 0. The Morgan fingerprint density at radius 1 is 1.28 bits per heavy atom. The topological polar surface area (TPSA) is 92.3 Å². The molecule has 166 valence electrons. The van der Waals surface area contributed by atoms with Crippen LogP contribution < -0.4 is 20.1 Å². The summed E-state index contributed by atoms with van der Waals surface area (Å²) in [5, 5.41) is 6.64. The SMILES string of the molecule is CCS(=O)(=O)N1CCC(NC(=NC)NCC(C)Oc2ccccc2OC)CC1.I. The summed E-state index contributed by atoms with van der Waals surface area (Å²) in [4.78, 5) is 4.26. The molecule has 2 rings (SSSR count). The van der Waals surface area contributed by atoms with Crippen LogP contribution in [0.3, 0.4) is 0 Å². The first kappa shape index (κ1) is 25.8. The lowest BCUT2D eigenvalue weighted by Crippen LogP contribution is -2.51. The van der Waals surface area contributed by atoms with Gasteiger partial charge in [0.2, 0.25) is 10.0 Å². The van der Waals surface area contributed by atoms with Gasteiger partial charge in [-0.15, -0.1) is 24.0 Å². The van der Waals surface area contributed by atoms with Crippen molar-refractivity contribution in [1.82, 2.24) is 14.9 Å². The summed E-state index contributed by atoms with van der Waals surface area (Å²) < 4.78 is 36.7. The lowest BCUT2D eigenvalue weighted by atomic mass is 10.1. The molecule has 1 aliphatic rings. The van der Waals surface area contributed by atoms with Crippen LogP contribution in [0.15, 0.2) is 29.3 Å². The Bertz CT molecular complexity index is 752. The summed E-state index contributed by atoms with van der Waals surface area (Å²) in [6.07, 6.45) is 1.42. The van der Waals surface area contributed by atoms with Crippen LogP contribution in [0.1, 0.15) is 26.7 Å². The molecule has 0 aliphatic carbocycles. The van der Waals surface area contributed by atoms with Crippen molar-refractivity contribution in [3.05, 3.63) is 24.3 Å². The van der Waals surface area contributed by atoms with E-state index in [2.05, 4.69) is 15.6 Å². The van der Waals surface area contributed by atoms with Gasteiger partial charge in [0, 0.05) is 26.2 Å². The number of nitrogens with zero attached hydrogens (tertiary/aromatic N) is 2. The highest BCUT2D eigenvalue weighted by atomic mass is 127. The average Bonchev–Trinajstić information content (AvgIpc) is 2.71. The van der Waals surface area contributed by atoms with E-state index >= 15 is 0 Å². The molecular weight excluding hydrogens is 507 g/mol.